The minimum absolute atomic E-state index is 0.00762. The average Bonchev–Trinajstić information content (AvgIpc) is 2.26. The van der Waals surface area contributed by atoms with Crippen LogP contribution >= 0.6 is 15.9 Å². The van der Waals surface area contributed by atoms with Gasteiger partial charge >= 0.3 is 5.97 Å². The van der Waals surface area contributed by atoms with Crippen LogP contribution in [0.3, 0.4) is 0 Å². The van der Waals surface area contributed by atoms with E-state index in [1.54, 1.807) is 0 Å². The van der Waals surface area contributed by atoms with Crippen molar-refractivity contribution < 1.29 is 14.7 Å². The van der Waals surface area contributed by atoms with Crippen molar-refractivity contribution in [3.63, 3.8) is 0 Å². The number of benzene rings is 1. The van der Waals surface area contributed by atoms with E-state index in [2.05, 4.69) is 21.2 Å². The highest BCUT2D eigenvalue weighted by Gasteiger charge is 2.10. The number of halogens is 1. The molecule has 0 unspecified atom stereocenters. The summed E-state index contributed by atoms with van der Waals surface area (Å²) in [6.07, 6.45) is -0.134. The molecule has 1 atom stereocenters. The number of amides is 1. The Bertz CT molecular complexity index is 420. The van der Waals surface area contributed by atoms with E-state index in [4.69, 9.17) is 5.11 Å². The van der Waals surface area contributed by atoms with Gasteiger partial charge in [0.2, 0.25) is 5.91 Å². The summed E-state index contributed by atoms with van der Waals surface area (Å²) in [5.41, 5.74) is 0.975. The van der Waals surface area contributed by atoms with Gasteiger partial charge in [0.05, 0.1) is 12.5 Å². The Kier molecular flexibility index (Phi) is 5.15. The summed E-state index contributed by atoms with van der Waals surface area (Å²) in [7, 11) is 0. The molecule has 0 saturated heterocycles. The highest BCUT2D eigenvalue weighted by atomic mass is 79.9. The van der Waals surface area contributed by atoms with Gasteiger partial charge in [-0.3, -0.25) is 9.59 Å². The van der Waals surface area contributed by atoms with Gasteiger partial charge in [-0.05, 0) is 24.6 Å². The summed E-state index contributed by atoms with van der Waals surface area (Å²) in [4.78, 5) is 21.7. The topological polar surface area (TPSA) is 66.4 Å². The van der Waals surface area contributed by atoms with Gasteiger partial charge in [0, 0.05) is 10.9 Å². The molecule has 0 aliphatic rings. The molecule has 92 valence electrons. The highest BCUT2D eigenvalue weighted by molar-refractivity contribution is 9.10. The number of carboxylic acids is 1. The summed E-state index contributed by atoms with van der Waals surface area (Å²) in [6.45, 7) is 1.86. The fourth-order valence-electron chi connectivity index (χ4n) is 1.39. The standard InChI is InChI=1S/C12H14BrNO3/c1-8(9-3-2-4-10(13)7-9)14-11(15)5-6-12(16)17/h2-4,7-8H,5-6H2,1H3,(H,14,15)(H,16,17)/t8-/m0/s1. The first-order chi connectivity index (χ1) is 7.99. The first-order valence-electron chi connectivity index (χ1n) is 5.25. The predicted octanol–water partition coefficient (Wildman–Crippen LogP) is 2.49. The van der Waals surface area contributed by atoms with E-state index in [-0.39, 0.29) is 24.8 Å². The fourth-order valence-corrected chi connectivity index (χ4v) is 1.81. The number of carbonyl (C=O) groups excluding carboxylic acids is 1. The molecule has 1 aromatic carbocycles. The Hall–Kier alpha value is -1.36. The number of rotatable bonds is 5. The molecule has 0 aliphatic heterocycles. The third-order valence-electron chi connectivity index (χ3n) is 2.29. The van der Waals surface area contributed by atoms with Crippen LogP contribution in [-0.4, -0.2) is 17.0 Å². The molecule has 0 fully saturated rings. The third-order valence-corrected chi connectivity index (χ3v) is 2.79. The lowest BCUT2D eigenvalue weighted by Gasteiger charge is -2.14. The van der Waals surface area contributed by atoms with Crippen LogP contribution in [0.15, 0.2) is 28.7 Å². The summed E-state index contributed by atoms with van der Waals surface area (Å²) in [6, 6.07) is 7.49. The fraction of sp³-hybridized carbons (Fsp3) is 0.333. The number of carbonyl (C=O) groups is 2. The largest absolute Gasteiger partial charge is 0.481 e. The Labute approximate surface area is 108 Å². The first kappa shape index (κ1) is 13.7. The van der Waals surface area contributed by atoms with E-state index in [0.29, 0.717) is 0 Å². The zero-order chi connectivity index (χ0) is 12.8. The molecule has 5 heteroatoms. The van der Waals surface area contributed by atoms with Gasteiger partial charge < -0.3 is 10.4 Å². The van der Waals surface area contributed by atoms with E-state index in [0.717, 1.165) is 10.0 Å². The van der Waals surface area contributed by atoms with Crippen LogP contribution in [-0.2, 0) is 9.59 Å². The Morgan fingerprint density at radius 3 is 2.71 bits per heavy atom. The quantitative estimate of drug-likeness (QED) is 0.878. The van der Waals surface area contributed by atoms with Gasteiger partial charge in [0.1, 0.15) is 0 Å². The van der Waals surface area contributed by atoms with Crippen molar-refractivity contribution in [3.8, 4) is 0 Å². The second kappa shape index (κ2) is 6.39. The Balaban J connectivity index is 2.51. The Morgan fingerprint density at radius 2 is 2.12 bits per heavy atom. The molecule has 1 rings (SSSR count). The van der Waals surface area contributed by atoms with Crippen LogP contribution in [0.25, 0.3) is 0 Å². The number of nitrogens with one attached hydrogen (secondary N) is 1. The van der Waals surface area contributed by atoms with Crippen LogP contribution in [0.1, 0.15) is 31.4 Å². The Morgan fingerprint density at radius 1 is 1.41 bits per heavy atom. The molecule has 1 aromatic rings. The number of hydrogen-bond donors (Lipinski definition) is 2. The minimum Gasteiger partial charge on any atom is -0.481 e. The summed E-state index contributed by atoms with van der Waals surface area (Å²) in [5, 5.41) is 11.2. The predicted molar refractivity (Wildman–Crippen MR) is 67.6 cm³/mol. The molecule has 0 aromatic heterocycles. The lowest BCUT2D eigenvalue weighted by molar-refractivity contribution is -0.138. The second-order valence-corrected chi connectivity index (χ2v) is 4.65. The van der Waals surface area contributed by atoms with E-state index in [1.807, 2.05) is 31.2 Å². The zero-order valence-corrected chi connectivity index (χ0v) is 11.0. The molecule has 0 bridgehead atoms. The third kappa shape index (κ3) is 4.99. The zero-order valence-electron chi connectivity index (χ0n) is 9.44. The monoisotopic (exact) mass is 299 g/mol. The minimum atomic E-state index is -0.963. The molecule has 0 saturated carbocycles. The smallest absolute Gasteiger partial charge is 0.303 e. The van der Waals surface area contributed by atoms with E-state index in [1.165, 1.54) is 0 Å². The van der Waals surface area contributed by atoms with E-state index >= 15 is 0 Å². The highest BCUT2D eigenvalue weighted by Crippen LogP contribution is 2.17. The van der Waals surface area contributed by atoms with Crippen LogP contribution in [0.4, 0.5) is 0 Å². The lowest BCUT2D eigenvalue weighted by atomic mass is 10.1. The molecule has 0 radical (unpaired) electrons. The van der Waals surface area contributed by atoms with Crippen molar-refractivity contribution in [3.05, 3.63) is 34.3 Å². The van der Waals surface area contributed by atoms with E-state index < -0.39 is 5.97 Å². The summed E-state index contributed by atoms with van der Waals surface area (Å²) in [5.74, 6) is -1.21. The molecule has 1 amide bonds. The van der Waals surface area contributed by atoms with Crippen molar-refractivity contribution in [2.24, 2.45) is 0 Å². The number of aliphatic carboxylic acids is 1. The molecular formula is C12H14BrNO3. The normalized spacial score (nSPS) is 11.9. The maximum Gasteiger partial charge on any atom is 0.303 e. The van der Waals surface area contributed by atoms with E-state index in [9.17, 15) is 9.59 Å². The average molecular weight is 300 g/mol. The van der Waals surface area contributed by atoms with Crippen LogP contribution < -0.4 is 5.32 Å². The van der Waals surface area contributed by atoms with Crippen LogP contribution in [0, 0.1) is 0 Å². The van der Waals surface area contributed by atoms with Gasteiger partial charge in [-0.25, -0.2) is 0 Å². The maximum absolute atomic E-state index is 11.4. The number of hydrogen-bond acceptors (Lipinski definition) is 2. The molecule has 17 heavy (non-hydrogen) atoms. The lowest BCUT2D eigenvalue weighted by Crippen LogP contribution is -2.26. The molecule has 4 nitrogen and oxygen atoms in total. The van der Waals surface area contributed by atoms with Gasteiger partial charge in [-0.1, -0.05) is 28.1 Å². The van der Waals surface area contributed by atoms with Crippen LogP contribution in [0.5, 0.6) is 0 Å². The van der Waals surface area contributed by atoms with Crippen molar-refractivity contribution >= 4 is 27.8 Å². The molecule has 0 heterocycles. The molecule has 2 N–H and O–H groups in total. The SMILES string of the molecule is C[C@H](NC(=O)CCC(=O)O)c1cccc(Br)c1. The van der Waals surface area contributed by atoms with Crippen LogP contribution in [0.2, 0.25) is 0 Å². The molecule has 0 aliphatic carbocycles. The van der Waals surface area contributed by atoms with Gasteiger partial charge in [-0.2, -0.15) is 0 Å². The summed E-state index contributed by atoms with van der Waals surface area (Å²) >= 11 is 3.36. The number of carboxylic acid groups (broad SMARTS) is 1. The van der Waals surface area contributed by atoms with Crippen molar-refractivity contribution in [1.29, 1.82) is 0 Å². The summed E-state index contributed by atoms with van der Waals surface area (Å²) < 4.78 is 0.946. The van der Waals surface area contributed by atoms with Crippen molar-refractivity contribution in [1.82, 2.24) is 5.32 Å². The maximum atomic E-state index is 11.4. The van der Waals surface area contributed by atoms with Crippen molar-refractivity contribution in [2.45, 2.75) is 25.8 Å². The van der Waals surface area contributed by atoms with Gasteiger partial charge in [0.25, 0.3) is 0 Å². The molecule has 0 spiro atoms. The van der Waals surface area contributed by atoms with Gasteiger partial charge in [-0.15, -0.1) is 0 Å². The molecular weight excluding hydrogens is 286 g/mol. The first-order valence-corrected chi connectivity index (χ1v) is 6.05. The van der Waals surface area contributed by atoms with Gasteiger partial charge in [0.15, 0.2) is 0 Å². The second-order valence-electron chi connectivity index (χ2n) is 3.74. The van der Waals surface area contributed by atoms with Crippen molar-refractivity contribution in [2.75, 3.05) is 0 Å².